The van der Waals surface area contributed by atoms with Crippen molar-refractivity contribution in [3.8, 4) is 0 Å². The van der Waals surface area contributed by atoms with Crippen LogP contribution in [0.5, 0.6) is 0 Å². The molecule has 0 unspecified atom stereocenters. The van der Waals surface area contributed by atoms with E-state index in [2.05, 4.69) is 15.9 Å². The van der Waals surface area contributed by atoms with Crippen LogP contribution in [0.1, 0.15) is 18.1 Å². The van der Waals surface area contributed by atoms with Crippen molar-refractivity contribution in [1.82, 2.24) is 0 Å². The zero-order valence-corrected chi connectivity index (χ0v) is 8.70. The third kappa shape index (κ3) is 1.50. The molecule has 0 fully saturated rings. The molecule has 0 aromatic heterocycles. The molecule has 0 amide bonds. The molecule has 0 aliphatic heterocycles. The van der Waals surface area contributed by atoms with Gasteiger partial charge in [0.05, 0.1) is 0 Å². The van der Waals surface area contributed by atoms with E-state index in [9.17, 15) is 0 Å². The Morgan fingerprint density at radius 3 is 2.50 bits per heavy atom. The molecule has 3 heteroatoms. The molecule has 2 nitrogen and oxygen atoms in total. The first-order valence-corrected chi connectivity index (χ1v) is 4.43. The van der Waals surface area contributed by atoms with Gasteiger partial charge in [0.1, 0.15) is 0 Å². The lowest BCUT2D eigenvalue weighted by Crippen LogP contribution is -2.02. The van der Waals surface area contributed by atoms with Gasteiger partial charge >= 0.3 is 0 Å². The van der Waals surface area contributed by atoms with Gasteiger partial charge in [-0.2, -0.15) is 0 Å². The van der Waals surface area contributed by atoms with Crippen molar-refractivity contribution in [1.29, 1.82) is 5.41 Å². The molecule has 12 heavy (non-hydrogen) atoms. The summed E-state index contributed by atoms with van der Waals surface area (Å²) in [5.74, 6) is 0. The Bertz CT molecular complexity index is 332. The number of nitrogens with one attached hydrogen (secondary N) is 1. The standard InChI is InChI=1S/C9H11BrN2/c1-5-7(10)3-4-8(12)9(5)6(2)11/h3-4,11H,12H2,1-2H3. The van der Waals surface area contributed by atoms with Crippen molar-refractivity contribution in [2.24, 2.45) is 0 Å². The fourth-order valence-corrected chi connectivity index (χ4v) is 1.54. The number of hydrogen-bond donors (Lipinski definition) is 2. The molecule has 0 saturated heterocycles. The van der Waals surface area contributed by atoms with Gasteiger partial charge in [0.25, 0.3) is 0 Å². The van der Waals surface area contributed by atoms with Gasteiger partial charge in [-0.15, -0.1) is 0 Å². The van der Waals surface area contributed by atoms with Crippen LogP contribution in [0, 0.1) is 12.3 Å². The third-order valence-corrected chi connectivity index (χ3v) is 2.67. The maximum Gasteiger partial charge on any atom is 0.0409 e. The molecule has 1 rings (SSSR count). The van der Waals surface area contributed by atoms with Gasteiger partial charge in [0.15, 0.2) is 0 Å². The second kappa shape index (κ2) is 3.27. The number of nitrogen functional groups attached to an aromatic ring is 1. The molecule has 1 aromatic rings. The first-order chi connectivity index (χ1) is 5.54. The van der Waals surface area contributed by atoms with Crippen molar-refractivity contribution in [2.45, 2.75) is 13.8 Å². The second-order valence-electron chi connectivity index (χ2n) is 2.76. The monoisotopic (exact) mass is 226 g/mol. The minimum Gasteiger partial charge on any atom is -0.398 e. The van der Waals surface area contributed by atoms with Crippen LogP contribution in [0.15, 0.2) is 16.6 Å². The van der Waals surface area contributed by atoms with Gasteiger partial charge in [0, 0.05) is 21.4 Å². The normalized spacial score (nSPS) is 9.92. The van der Waals surface area contributed by atoms with Crippen molar-refractivity contribution >= 4 is 27.3 Å². The molecule has 0 saturated carbocycles. The maximum atomic E-state index is 7.51. The maximum absolute atomic E-state index is 7.51. The Morgan fingerprint density at radius 2 is 2.08 bits per heavy atom. The summed E-state index contributed by atoms with van der Waals surface area (Å²) in [7, 11) is 0. The Hall–Kier alpha value is -0.830. The van der Waals surface area contributed by atoms with Crippen LogP contribution in [0.4, 0.5) is 5.69 Å². The van der Waals surface area contributed by atoms with Gasteiger partial charge in [0.2, 0.25) is 0 Å². The summed E-state index contributed by atoms with van der Waals surface area (Å²) in [5.41, 5.74) is 8.77. The van der Waals surface area contributed by atoms with E-state index in [1.165, 1.54) is 0 Å². The first kappa shape index (κ1) is 9.26. The SMILES string of the molecule is CC(=N)c1c(N)ccc(Br)c1C. The fourth-order valence-electron chi connectivity index (χ4n) is 1.20. The predicted octanol–water partition coefficient (Wildman–Crippen LogP) is 2.73. The van der Waals surface area contributed by atoms with Gasteiger partial charge < -0.3 is 11.1 Å². The van der Waals surface area contributed by atoms with Crippen molar-refractivity contribution in [3.63, 3.8) is 0 Å². The van der Waals surface area contributed by atoms with Gasteiger partial charge in [-0.3, -0.25) is 0 Å². The summed E-state index contributed by atoms with van der Waals surface area (Å²) in [5, 5.41) is 7.51. The van der Waals surface area contributed by atoms with E-state index in [1.54, 1.807) is 6.92 Å². The number of anilines is 1. The second-order valence-corrected chi connectivity index (χ2v) is 3.62. The highest BCUT2D eigenvalue weighted by Gasteiger charge is 2.07. The fraction of sp³-hybridized carbons (Fsp3) is 0.222. The number of benzene rings is 1. The molecule has 64 valence electrons. The smallest absolute Gasteiger partial charge is 0.0409 e. The van der Waals surface area contributed by atoms with Crippen LogP contribution in [0.25, 0.3) is 0 Å². The molecule has 0 spiro atoms. The average Bonchev–Trinajstić information content (AvgIpc) is 1.97. The lowest BCUT2D eigenvalue weighted by molar-refractivity contribution is 1.36. The van der Waals surface area contributed by atoms with Crippen LogP contribution in [0.2, 0.25) is 0 Å². The number of hydrogen-bond acceptors (Lipinski definition) is 2. The average molecular weight is 227 g/mol. The molecule has 3 N–H and O–H groups in total. The zero-order valence-electron chi connectivity index (χ0n) is 7.11. The largest absolute Gasteiger partial charge is 0.398 e. The summed E-state index contributed by atoms with van der Waals surface area (Å²) >= 11 is 3.40. The van der Waals surface area contributed by atoms with Crippen LogP contribution in [-0.2, 0) is 0 Å². The predicted molar refractivity (Wildman–Crippen MR) is 55.8 cm³/mol. The molecular weight excluding hydrogens is 216 g/mol. The summed E-state index contributed by atoms with van der Waals surface area (Å²) in [6.07, 6.45) is 0. The highest BCUT2D eigenvalue weighted by molar-refractivity contribution is 9.10. The molecule has 1 aromatic carbocycles. The van der Waals surface area contributed by atoms with Crippen molar-refractivity contribution < 1.29 is 0 Å². The molecule has 0 bridgehead atoms. The van der Waals surface area contributed by atoms with Crippen molar-refractivity contribution in [2.75, 3.05) is 5.73 Å². The Balaban J connectivity index is 3.43. The Labute approximate surface area is 80.4 Å². The van der Waals surface area contributed by atoms with Crippen molar-refractivity contribution in [3.05, 3.63) is 27.7 Å². The summed E-state index contributed by atoms with van der Waals surface area (Å²) in [6.45, 7) is 3.69. The Morgan fingerprint density at radius 1 is 1.50 bits per heavy atom. The first-order valence-electron chi connectivity index (χ1n) is 3.64. The highest BCUT2D eigenvalue weighted by Crippen LogP contribution is 2.24. The molecule has 0 heterocycles. The summed E-state index contributed by atoms with van der Waals surface area (Å²) in [4.78, 5) is 0. The van der Waals surface area contributed by atoms with Gasteiger partial charge in [-0.25, -0.2) is 0 Å². The van der Waals surface area contributed by atoms with Gasteiger partial charge in [-0.05, 0) is 31.5 Å². The number of halogens is 1. The topological polar surface area (TPSA) is 49.9 Å². The third-order valence-electron chi connectivity index (χ3n) is 1.81. The zero-order chi connectivity index (χ0) is 9.30. The van der Waals surface area contributed by atoms with E-state index in [-0.39, 0.29) is 0 Å². The molecular formula is C9H11BrN2. The van der Waals surface area contributed by atoms with Crippen LogP contribution in [-0.4, -0.2) is 5.71 Å². The molecule has 0 atom stereocenters. The van der Waals surface area contributed by atoms with Gasteiger partial charge in [-0.1, -0.05) is 15.9 Å². The van der Waals surface area contributed by atoms with E-state index >= 15 is 0 Å². The number of nitrogens with two attached hydrogens (primary N) is 1. The molecule has 0 aliphatic carbocycles. The minimum absolute atomic E-state index is 0.506. The van der Waals surface area contributed by atoms with E-state index < -0.39 is 0 Å². The lowest BCUT2D eigenvalue weighted by Gasteiger charge is -2.08. The summed E-state index contributed by atoms with van der Waals surface area (Å²) < 4.78 is 0.998. The van der Waals surface area contributed by atoms with Crippen LogP contribution in [0.3, 0.4) is 0 Å². The van der Waals surface area contributed by atoms with E-state index in [4.69, 9.17) is 11.1 Å². The van der Waals surface area contributed by atoms with E-state index in [0.717, 1.165) is 15.6 Å². The molecule has 0 aliphatic rings. The highest BCUT2D eigenvalue weighted by atomic mass is 79.9. The van der Waals surface area contributed by atoms with Crippen LogP contribution >= 0.6 is 15.9 Å². The van der Waals surface area contributed by atoms with Crippen LogP contribution < -0.4 is 5.73 Å². The van der Waals surface area contributed by atoms with E-state index in [1.807, 2.05) is 19.1 Å². The minimum atomic E-state index is 0.506. The quantitative estimate of drug-likeness (QED) is 0.562. The number of rotatable bonds is 1. The van der Waals surface area contributed by atoms with E-state index in [0.29, 0.717) is 11.4 Å². The summed E-state index contributed by atoms with van der Waals surface area (Å²) in [6, 6.07) is 3.71. The Kier molecular flexibility index (Phi) is 2.52. The molecule has 0 radical (unpaired) electrons. The lowest BCUT2D eigenvalue weighted by atomic mass is 10.0.